The summed E-state index contributed by atoms with van der Waals surface area (Å²) in [5.74, 6) is 0.789. The SMILES string of the molecule is NCC(OCc1ccco1)c1ccc(Cl)cc1. The molecule has 0 bridgehead atoms. The van der Waals surface area contributed by atoms with Crippen molar-refractivity contribution in [1.29, 1.82) is 0 Å². The van der Waals surface area contributed by atoms with Crippen molar-refractivity contribution in [2.24, 2.45) is 5.73 Å². The van der Waals surface area contributed by atoms with Gasteiger partial charge in [0.05, 0.1) is 12.4 Å². The normalized spacial score (nSPS) is 12.6. The number of benzene rings is 1. The average Bonchev–Trinajstić information content (AvgIpc) is 2.85. The van der Waals surface area contributed by atoms with E-state index >= 15 is 0 Å². The minimum atomic E-state index is -0.141. The van der Waals surface area contributed by atoms with Crippen LogP contribution in [0, 0.1) is 0 Å². The number of nitrogens with two attached hydrogens (primary N) is 1. The number of furan rings is 1. The highest BCUT2D eigenvalue weighted by Crippen LogP contribution is 2.20. The molecule has 3 nitrogen and oxygen atoms in total. The van der Waals surface area contributed by atoms with E-state index in [1.54, 1.807) is 6.26 Å². The minimum absolute atomic E-state index is 0.141. The maximum absolute atomic E-state index is 5.83. The zero-order valence-electron chi connectivity index (χ0n) is 9.30. The molecule has 2 N–H and O–H groups in total. The standard InChI is InChI=1S/C13H14ClNO2/c14-11-5-3-10(4-6-11)13(8-15)17-9-12-2-1-7-16-12/h1-7,13H,8-9,15H2. The summed E-state index contributed by atoms with van der Waals surface area (Å²) >= 11 is 5.83. The first-order valence-corrected chi connectivity index (χ1v) is 5.77. The Morgan fingerprint density at radius 2 is 2.00 bits per heavy atom. The third kappa shape index (κ3) is 3.33. The van der Waals surface area contributed by atoms with Crippen LogP contribution >= 0.6 is 11.6 Å². The van der Waals surface area contributed by atoms with Crippen molar-refractivity contribution in [2.75, 3.05) is 6.54 Å². The Labute approximate surface area is 105 Å². The van der Waals surface area contributed by atoms with E-state index in [4.69, 9.17) is 26.5 Å². The van der Waals surface area contributed by atoms with E-state index in [0.29, 0.717) is 18.2 Å². The van der Waals surface area contributed by atoms with Crippen molar-refractivity contribution in [3.05, 3.63) is 59.0 Å². The predicted octanol–water partition coefficient (Wildman–Crippen LogP) is 3.15. The van der Waals surface area contributed by atoms with Gasteiger partial charge < -0.3 is 14.9 Å². The molecule has 2 rings (SSSR count). The second kappa shape index (κ2) is 5.87. The van der Waals surface area contributed by atoms with Crippen molar-refractivity contribution in [2.45, 2.75) is 12.7 Å². The molecule has 1 aromatic carbocycles. The van der Waals surface area contributed by atoms with Crippen LogP contribution in [0.3, 0.4) is 0 Å². The summed E-state index contributed by atoms with van der Waals surface area (Å²) in [4.78, 5) is 0. The molecule has 2 aromatic rings. The van der Waals surface area contributed by atoms with E-state index in [-0.39, 0.29) is 6.10 Å². The van der Waals surface area contributed by atoms with Gasteiger partial charge in [-0.15, -0.1) is 0 Å². The van der Waals surface area contributed by atoms with E-state index in [0.717, 1.165) is 11.3 Å². The molecule has 1 unspecified atom stereocenters. The lowest BCUT2D eigenvalue weighted by molar-refractivity contribution is 0.0355. The monoisotopic (exact) mass is 251 g/mol. The van der Waals surface area contributed by atoms with Crippen molar-refractivity contribution in [3.63, 3.8) is 0 Å². The summed E-state index contributed by atoms with van der Waals surface area (Å²) < 4.78 is 10.9. The molecule has 0 saturated heterocycles. The molecule has 1 aromatic heterocycles. The number of hydrogen-bond acceptors (Lipinski definition) is 3. The largest absolute Gasteiger partial charge is 0.467 e. The van der Waals surface area contributed by atoms with Gasteiger partial charge in [0.1, 0.15) is 12.4 Å². The van der Waals surface area contributed by atoms with Gasteiger partial charge in [0.25, 0.3) is 0 Å². The van der Waals surface area contributed by atoms with Gasteiger partial charge in [0, 0.05) is 11.6 Å². The zero-order valence-corrected chi connectivity index (χ0v) is 10.1. The molecule has 0 radical (unpaired) electrons. The molecule has 90 valence electrons. The third-order valence-electron chi connectivity index (χ3n) is 2.46. The molecule has 0 spiro atoms. The van der Waals surface area contributed by atoms with E-state index in [2.05, 4.69) is 0 Å². The molecular weight excluding hydrogens is 238 g/mol. The first-order valence-electron chi connectivity index (χ1n) is 5.39. The van der Waals surface area contributed by atoms with Gasteiger partial charge in [0.15, 0.2) is 0 Å². The van der Waals surface area contributed by atoms with Crippen LogP contribution in [0.4, 0.5) is 0 Å². The molecule has 0 aliphatic rings. The summed E-state index contributed by atoms with van der Waals surface area (Å²) in [6, 6.07) is 11.2. The van der Waals surface area contributed by atoms with Crippen LogP contribution in [0.25, 0.3) is 0 Å². The Balaban J connectivity index is 1.99. The van der Waals surface area contributed by atoms with Gasteiger partial charge in [-0.2, -0.15) is 0 Å². The van der Waals surface area contributed by atoms with Gasteiger partial charge in [0.2, 0.25) is 0 Å². The predicted molar refractivity (Wildman–Crippen MR) is 66.7 cm³/mol. The Morgan fingerprint density at radius 3 is 2.59 bits per heavy atom. The number of halogens is 1. The molecular formula is C13H14ClNO2. The van der Waals surface area contributed by atoms with Crippen LogP contribution in [0.5, 0.6) is 0 Å². The molecule has 17 heavy (non-hydrogen) atoms. The van der Waals surface area contributed by atoms with Gasteiger partial charge in [-0.05, 0) is 29.8 Å². The smallest absolute Gasteiger partial charge is 0.129 e. The fourth-order valence-electron chi connectivity index (χ4n) is 1.56. The van der Waals surface area contributed by atoms with E-state index in [9.17, 15) is 0 Å². The second-order valence-corrected chi connectivity index (χ2v) is 4.10. The molecule has 0 saturated carbocycles. The van der Waals surface area contributed by atoms with Crippen molar-refractivity contribution in [3.8, 4) is 0 Å². The van der Waals surface area contributed by atoms with Crippen LogP contribution < -0.4 is 5.73 Å². The summed E-state index contributed by atoms with van der Waals surface area (Å²) in [6.45, 7) is 0.833. The molecule has 1 atom stereocenters. The highest BCUT2D eigenvalue weighted by Gasteiger charge is 2.10. The molecule has 4 heteroatoms. The van der Waals surface area contributed by atoms with Gasteiger partial charge in [-0.1, -0.05) is 23.7 Å². The van der Waals surface area contributed by atoms with Crippen LogP contribution in [0.2, 0.25) is 5.02 Å². The summed E-state index contributed by atoms with van der Waals surface area (Å²) in [5.41, 5.74) is 6.71. The lowest BCUT2D eigenvalue weighted by Crippen LogP contribution is -2.15. The molecule has 0 fully saturated rings. The highest BCUT2D eigenvalue weighted by atomic mass is 35.5. The van der Waals surface area contributed by atoms with Crippen molar-refractivity contribution in [1.82, 2.24) is 0 Å². The summed E-state index contributed by atoms with van der Waals surface area (Å²) in [6.07, 6.45) is 1.48. The van der Waals surface area contributed by atoms with E-state index in [1.165, 1.54) is 0 Å². The summed E-state index contributed by atoms with van der Waals surface area (Å²) in [7, 11) is 0. The van der Waals surface area contributed by atoms with Crippen LogP contribution in [0.1, 0.15) is 17.4 Å². The van der Waals surface area contributed by atoms with Gasteiger partial charge >= 0.3 is 0 Å². The van der Waals surface area contributed by atoms with Crippen LogP contribution in [-0.2, 0) is 11.3 Å². The first kappa shape index (κ1) is 12.2. The maximum Gasteiger partial charge on any atom is 0.129 e. The fourth-order valence-corrected chi connectivity index (χ4v) is 1.68. The van der Waals surface area contributed by atoms with Crippen molar-refractivity contribution < 1.29 is 9.15 Å². The molecule has 0 amide bonds. The molecule has 0 aliphatic carbocycles. The van der Waals surface area contributed by atoms with E-state index in [1.807, 2.05) is 36.4 Å². The number of ether oxygens (including phenoxy) is 1. The Morgan fingerprint density at radius 1 is 1.24 bits per heavy atom. The zero-order chi connectivity index (χ0) is 12.1. The minimum Gasteiger partial charge on any atom is -0.467 e. The fraction of sp³-hybridized carbons (Fsp3) is 0.231. The van der Waals surface area contributed by atoms with Gasteiger partial charge in [-0.25, -0.2) is 0 Å². The molecule has 1 heterocycles. The van der Waals surface area contributed by atoms with Crippen molar-refractivity contribution >= 4 is 11.6 Å². The lowest BCUT2D eigenvalue weighted by Gasteiger charge is -2.15. The van der Waals surface area contributed by atoms with E-state index < -0.39 is 0 Å². The quantitative estimate of drug-likeness (QED) is 0.888. The Bertz CT molecular complexity index is 439. The second-order valence-electron chi connectivity index (χ2n) is 3.67. The average molecular weight is 252 g/mol. The molecule has 0 aliphatic heterocycles. The van der Waals surface area contributed by atoms with Crippen LogP contribution in [0.15, 0.2) is 47.1 Å². The number of rotatable bonds is 5. The van der Waals surface area contributed by atoms with Gasteiger partial charge in [-0.3, -0.25) is 0 Å². The number of hydrogen-bond donors (Lipinski definition) is 1. The highest BCUT2D eigenvalue weighted by molar-refractivity contribution is 6.30. The first-order chi connectivity index (χ1) is 8.29. The third-order valence-corrected chi connectivity index (χ3v) is 2.71. The topological polar surface area (TPSA) is 48.4 Å². The maximum atomic E-state index is 5.83. The Kier molecular flexibility index (Phi) is 4.20. The Hall–Kier alpha value is -1.29. The summed E-state index contributed by atoms with van der Waals surface area (Å²) in [5, 5.41) is 0.704. The van der Waals surface area contributed by atoms with Crippen LogP contribution in [-0.4, -0.2) is 6.54 Å². The lowest BCUT2D eigenvalue weighted by atomic mass is 10.1.